The van der Waals surface area contributed by atoms with Crippen molar-refractivity contribution in [1.82, 2.24) is 15.2 Å². The number of nitrogens with one attached hydrogen (secondary N) is 1. The fourth-order valence-corrected chi connectivity index (χ4v) is 3.92. The molecule has 0 aliphatic carbocycles. The fraction of sp³-hybridized carbons (Fsp3) is 0.667. The number of hydrogen-bond donors (Lipinski definition) is 1. The maximum absolute atomic E-state index is 11.3. The van der Waals surface area contributed by atoms with Gasteiger partial charge in [-0.15, -0.1) is 0 Å². The molecule has 0 radical (unpaired) electrons. The molecule has 2 heterocycles. The molecule has 0 bridgehead atoms. The largest absolute Gasteiger partial charge is 0.310 e. The van der Waals surface area contributed by atoms with Crippen molar-refractivity contribution in [1.29, 1.82) is 0 Å². The Balaban J connectivity index is 1.73. The molecule has 6 heteroatoms. The number of nitrogens with zero attached hydrogens (tertiary/aromatic N) is 2. The molecule has 0 aromatic carbocycles. The van der Waals surface area contributed by atoms with Crippen LogP contribution in [0.1, 0.15) is 25.3 Å². The van der Waals surface area contributed by atoms with Crippen LogP contribution in [-0.2, 0) is 16.4 Å². The van der Waals surface area contributed by atoms with Crippen LogP contribution in [0.2, 0.25) is 0 Å². The summed E-state index contributed by atoms with van der Waals surface area (Å²) in [5.41, 5.74) is 1.24. The molecule has 0 spiro atoms. The van der Waals surface area contributed by atoms with Crippen LogP contribution in [-0.4, -0.2) is 55.5 Å². The molecule has 2 rings (SSSR count). The third-order valence-corrected chi connectivity index (χ3v) is 4.90. The van der Waals surface area contributed by atoms with Gasteiger partial charge < -0.3 is 5.32 Å². The Morgan fingerprint density at radius 3 is 2.71 bits per heavy atom. The van der Waals surface area contributed by atoms with Crippen molar-refractivity contribution in [2.45, 2.75) is 38.4 Å². The summed E-state index contributed by atoms with van der Waals surface area (Å²) in [6.07, 6.45) is 7.13. The summed E-state index contributed by atoms with van der Waals surface area (Å²) < 4.78 is 22.6. The second-order valence-corrected chi connectivity index (χ2v) is 8.26. The van der Waals surface area contributed by atoms with Crippen molar-refractivity contribution < 1.29 is 8.42 Å². The van der Waals surface area contributed by atoms with Crippen LogP contribution in [0.25, 0.3) is 0 Å². The molecule has 1 aliphatic rings. The lowest BCUT2D eigenvalue weighted by Gasteiger charge is -2.33. The summed E-state index contributed by atoms with van der Waals surface area (Å²) in [4.78, 5) is 6.57. The van der Waals surface area contributed by atoms with Crippen LogP contribution in [0.15, 0.2) is 24.5 Å². The number of rotatable bonds is 6. The quantitative estimate of drug-likeness (QED) is 0.851. The van der Waals surface area contributed by atoms with E-state index in [2.05, 4.69) is 21.3 Å². The van der Waals surface area contributed by atoms with E-state index in [4.69, 9.17) is 0 Å². The Morgan fingerprint density at radius 1 is 1.43 bits per heavy atom. The number of aromatic nitrogens is 1. The van der Waals surface area contributed by atoms with E-state index in [9.17, 15) is 8.42 Å². The minimum absolute atomic E-state index is 0.0230. The summed E-state index contributed by atoms with van der Waals surface area (Å²) in [7, 11) is -2.91. The third kappa shape index (κ3) is 6.11. The van der Waals surface area contributed by atoms with Gasteiger partial charge in [0, 0.05) is 37.3 Å². The van der Waals surface area contributed by atoms with E-state index >= 15 is 0 Å². The van der Waals surface area contributed by atoms with Gasteiger partial charge in [0.15, 0.2) is 0 Å². The molecule has 1 aromatic heterocycles. The Bertz CT molecular complexity index is 525. The third-order valence-electron chi connectivity index (χ3n) is 3.79. The van der Waals surface area contributed by atoms with Crippen LogP contribution in [0.3, 0.4) is 0 Å². The van der Waals surface area contributed by atoms with Gasteiger partial charge in [0.1, 0.15) is 9.84 Å². The standard InChI is InChI=1S/C15H25N3O2S/c1-13(12-21(2,19)20)17-15-5-8-18(9-6-15)11-14-4-3-7-16-10-14/h3-4,7,10,13,15,17H,5-6,8-9,11-12H2,1-2H3/t13-/m1/s1. The Labute approximate surface area is 127 Å². The predicted molar refractivity (Wildman–Crippen MR) is 84.8 cm³/mol. The van der Waals surface area contributed by atoms with Gasteiger partial charge in [-0.3, -0.25) is 9.88 Å². The van der Waals surface area contributed by atoms with Crippen molar-refractivity contribution in [3.05, 3.63) is 30.1 Å². The van der Waals surface area contributed by atoms with E-state index in [1.165, 1.54) is 11.8 Å². The molecule has 1 saturated heterocycles. The van der Waals surface area contributed by atoms with Gasteiger partial charge in [-0.05, 0) is 44.5 Å². The fourth-order valence-electron chi connectivity index (χ4n) is 2.91. The highest BCUT2D eigenvalue weighted by molar-refractivity contribution is 7.90. The number of likely N-dealkylation sites (tertiary alicyclic amines) is 1. The van der Waals surface area contributed by atoms with Gasteiger partial charge in [-0.2, -0.15) is 0 Å². The lowest BCUT2D eigenvalue weighted by atomic mass is 10.0. The highest BCUT2D eigenvalue weighted by atomic mass is 32.2. The average Bonchev–Trinajstić information content (AvgIpc) is 2.40. The van der Waals surface area contributed by atoms with Crippen molar-refractivity contribution in [3.63, 3.8) is 0 Å². The van der Waals surface area contributed by atoms with E-state index in [1.54, 1.807) is 6.20 Å². The van der Waals surface area contributed by atoms with E-state index in [-0.39, 0.29) is 11.8 Å². The van der Waals surface area contributed by atoms with Crippen LogP contribution < -0.4 is 5.32 Å². The highest BCUT2D eigenvalue weighted by Crippen LogP contribution is 2.14. The summed E-state index contributed by atoms with van der Waals surface area (Å²) in [5.74, 6) is 0.211. The van der Waals surface area contributed by atoms with E-state index < -0.39 is 9.84 Å². The minimum Gasteiger partial charge on any atom is -0.310 e. The second kappa shape index (κ2) is 7.33. The molecule has 1 aliphatic heterocycles. The molecule has 0 saturated carbocycles. The monoisotopic (exact) mass is 311 g/mol. The number of pyridine rings is 1. The van der Waals surface area contributed by atoms with E-state index in [0.717, 1.165) is 32.5 Å². The first-order valence-electron chi connectivity index (χ1n) is 7.47. The molecular formula is C15H25N3O2S. The van der Waals surface area contributed by atoms with Crippen LogP contribution in [0.5, 0.6) is 0 Å². The van der Waals surface area contributed by atoms with Gasteiger partial charge in [0.05, 0.1) is 5.75 Å². The predicted octanol–water partition coefficient (Wildman–Crippen LogP) is 1.07. The van der Waals surface area contributed by atoms with Gasteiger partial charge in [-0.1, -0.05) is 6.07 Å². The number of piperidine rings is 1. The molecular weight excluding hydrogens is 286 g/mol. The van der Waals surface area contributed by atoms with Crippen LogP contribution in [0, 0.1) is 0 Å². The average molecular weight is 311 g/mol. The molecule has 0 amide bonds. The summed E-state index contributed by atoms with van der Waals surface area (Å²) >= 11 is 0. The lowest BCUT2D eigenvalue weighted by molar-refractivity contribution is 0.186. The molecule has 118 valence electrons. The zero-order valence-electron chi connectivity index (χ0n) is 12.8. The summed E-state index contributed by atoms with van der Waals surface area (Å²) in [6, 6.07) is 4.52. The highest BCUT2D eigenvalue weighted by Gasteiger charge is 2.21. The van der Waals surface area contributed by atoms with Gasteiger partial charge in [-0.25, -0.2) is 8.42 Å². The summed E-state index contributed by atoms with van der Waals surface area (Å²) in [6.45, 7) is 4.97. The minimum atomic E-state index is -2.91. The number of sulfone groups is 1. The molecule has 21 heavy (non-hydrogen) atoms. The van der Waals surface area contributed by atoms with Crippen molar-refractivity contribution in [2.24, 2.45) is 0 Å². The second-order valence-electron chi connectivity index (χ2n) is 6.07. The normalized spacial score (nSPS) is 19.5. The first-order valence-corrected chi connectivity index (χ1v) is 9.53. The van der Waals surface area contributed by atoms with Crippen molar-refractivity contribution in [2.75, 3.05) is 25.1 Å². The molecule has 1 N–H and O–H groups in total. The van der Waals surface area contributed by atoms with Gasteiger partial charge in [0.2, 0.25) is 0 Å². The maximum Gasteiger partial charge on any atom is 0.148 e. The smallest absolute Gasteiger partial charge is 0.148 e. The Morgan fingerprint density at radius 2 is 2.14 bits per heavy atom. The van der Waals surface area contributed by atoms with Crippen molar-refractivity contribution >= 4 is 9.84 Å². The first-order chi connectivity index (χ1) is 9.92. The van der Waals surface area contributed by atoms with Crippen LogP contribution >= 0.6 is 0 Å². The summed E-state index contributed by atoms with van der Waals surface area (Å²) in [5, 5.41) is 3.44. The molecule has 5 nitrogen and oxygen atoms in total. The molecule has 1 atom stereocenters. The zero-order valence-corrected chi connectivity index (χ0v) is 13.6. The van der Waals surface area contributed by atoms with Gasteiger partial charge in [0.25, 0.3) is 0 Å². The van der Waals surface area contributed by atoms with Crippen LogP contribution in [0.4, 0.5) is 0 Å². The zero-order chi connectivity index (χ0) is 15.3. The Kier molecular flexibility index (Phi) is 5.72. The molecule has 1 aromatic rings. The molecule has 0 unspecified atom stereocenters. The topological polar surface area (TPSA) is 62.3 Å². The first kappa shape index (κ1) is 16.4. The Hall–Kier alpha value is -0.980. The number of hydrogen-bond acceptors (Lipinski definition) is 5. The SMILES string of the molecule is C[C@H](CS(C)(=O)=O)NC1CCN(Cc2cccnc2)CC1. The lowest BCUT2D eigenvalue weighted by Crippen LogP contribution is -2.46. The van der Waals surface area contributed by atoms with Crippen molar-refractivity contribution in [3.8, 4) is 0 Å². The maximum atomic E-state index is 11.3. The molecule has 1 fully saturated rings. The van der Waals surface area contributed by atoms with E-state index in [0.29, 0.717) is 6.04 Å². The van der Waals surface area contributed by atoms with Gasteiger partial charge >= 0.3 is 0 Å². The van der Waals surface area contributed by atoms with E-state index in [1.807, 2.05) is 19.2 Å².